The molecular weight excluding hydrogens is 516 g/mol. The summed E-state index contributed by atoms with van der Waals surface area (Å²) < 4.78 is 0. The zero-order chi connectivity index (χ0) is 30.0. The predicted molar refractivity (Wildman–Crippen MR) is 158 cm³/mol. The van der Waals surface area contributed by atoms with Crippen LogP contribution in [0.15, 0.2) is 11.6 Å². The van der Waals surface area contributed by atoms with Crippen LogP contribution < -0.4 is 0 Å². The Labute approximate surface area is 247 Å². The van der Waals surface area contributed by atoms with E-state index in [1.165, 1.54) is 5.57 Å². The van der Waals surface area contributed by atoms with Gasteiger partial charge in [-0.25, -0.2) is 0 Å². The number of fused-ring (bicyclic) bond motifs is 8. The van der Waals surface area contributed by atoms with Gasteiger partial charge in [-0.1, -0.05) is 60.0 Å². The van der Waals surface area contributed by atoms with E-state index >= 15 is 0 Å². The standard InChI is InChI=1S/C35H56O6/c1-29(2)16-22-21-15-23(38)28-30(3)13-10-25(39)33(6,27(41)18-36)24(30)9-14-31(28,4)32(21,5)17-26(40)35(22,20-37)34(19-29)11-7-8-12-34/h15,22,24-28,36-37,39-41H,7-14,16-20H2,1-6H3. The lowest BCUT2D eigenvalue weighted by Crippen LogP contribution is -2.72. The van der Waals surface area contributed by atoms with Crippen molar-refractivity contribution in [1.82, 2.24) is 0 Å². The minimum absolute atomic E-state index is 0.0360. The second-order valence-corrected chi connectivity index (χ2v) is 17.4. The second-order valence-electron chi connectivity index (χ2n) is 17.4. The van der Waals surface area contributed by atoms with Gasteiger partial charge < -0.3 is 25.5 Å². The third-order valence-corrected chi connectivity index (χ3v) is 15.4. The molecule has 0 aromatic carbocycles. The van der Waals surface area contributed by atoms with Gasteiger partial charge in [0.1, 0.15) is 0 Å². The first-order valence-corrected chi connectivity index (χ1v) is 16.5. The van der Waals surface area contributed by atoms with Gasteiger partial charge in [0.15, 0.2) is 5.78 Å². The van der Waals surface area contributed by atoms with Crippen molar-refractivity contribution in [2.45, 2.75) is 130 Å². The molecule has 5 N–H and O–H groups in total. The third-order valence-electron chi connectivity index (χ3n) is 15.4. The van der Waals surface area contributed by atoms with Crippen molar-refractivity contribution in [3.63, 3.8) is 0 Å². The molecule has 6 aliphatic carbocycles. The van der Waals surface area contributed by atoms with E-state index in [1.807, 2.05) is 13.0 Å². The molecule has 41 heavy (non-hydrogen) atoms. The molecule has 0 heterocycles. The maximum atomic E-state index is 14.7. The number of aliphatic hydroxyl groups is 5. The molecule has 1 spiro atoms. The van der Waals surface area contributed by atoms with Gasteiger partial charge >= 0.3 is 0 Å². The van der Waals surface area contributed by atoms with Gasteiger partial charge in [0.05, 0.1) is 31.5 Å². The van der Waals surface area contributed by atoms with Crippen molar-refractivity contribution in [3.8, 4) is 0 Å². The smallest absolute Gasteiger partial charge is 0.159 e. The summed E-state index contributed by atoms with van der Waals surface area (Å²) in [6.07, 6.45) is 9.02. The van der Waals surface area contributed by atoms with Crippen LogP contribution in [0.1, 0.15) is 112 Å². The van der Waals surface area contributed by atoms with Crippen LogP contribution in [0.5, 0.6) is 0 Å². The summed E-state index contributed by atoms with van der Waals surface area (Å²) in [5.41, 5.74) is -1.65. The molecule has 0 aromatic rings. The van der Waals surface area contributed by atoms with Gasteiger partial charge in [-0.05, 0) is 103 Å². The molecule has 0 radical (unpaired) electrons. The molecule has 0 amide bonds. The van der Waals surface area contributed by atoms with E-state index in [2.05, 4.69) is 34.6 Å². The Morgan fingerprint density at radius 3 is 2.17 bits per heavy atom. The van der Waals surface area contributed by atoms with Crippen molar-refractivity contribution in [2.75, 3.05) is 13.2 Å². The fourth-order valence-electron chi connectivity index (χ4n) is 13.5. The van der Waals surface area contributed by atoms with Crippen LogP contribution in [0.3, 0.4) is 0 Å². The second kappa shape index (κ2) is 9.12. The van der Waals surface area contributed by atoms with Crippen LogP contribution in [0, 0.1) is 55.7 Å². The Hall–Kier alpha value is -0.790. The van der Waals surface area contributed by atoms with Gasteiger partial charge in [0, 0.05) is 16.7 Å². The Morgan fingerprint density at radius 2 is 1.56 bits per heavy atom. The number of allylic oxidation sites excluding steroid dienone is 2. The summed E-state index contributed by atoms with van der Waals surface area (Å²) >= 11 is 0. The molecule has 0 aliphatic heterocycles. The molecule has 5 fully saturated rings. The lowest BCUT2D eigenvalue weighted by molar-refractivity contribution is -0.251. The van der Waals surface area contributed by atoms with E-state index in [9.17, 15) is 30.3 Å². The largest absolute Gasteiger partial charge is 0.396 e. The molecule has 6 aliphatic rings. The molecule has 0 aromatic heterocycles. The fraction of sp³-hybridized carbons (Fsp3) is 0.914. The average Bonchev–Trinajstić information content (AvgIpc) is 3.35. The van der Waals surface area contributed by atoms with Crippen molar-refractivity contribution in [1.29, 1.82) is 0 Å². The number of hydrogen-bond acceptors (Lipinski definition) is 6. The van der Waals surface area contributed by atoms with Crippen molar-refractivity contribution in [2.24, 2.45) is 55.7 Å². The SMILES string of the molecule is CC1(C)CC2C3=CC(=O)C4C5(C)CCC(O)C(C)(C(O)CO)C5CCC4(C)C3(C)CC(O)C2(CO)C2(CCCC2)C1. The van der Waals surface area contributed by atoms with E-state index in [-0.39, 0.29) is 41.0 Å². The number of carbonyl (C=O) groups is 1. The zero-order valence-corrected chi connectivity index (χ0v) is 26.4. The quantitative estimate of drug-likeness (QED) is 0.332. The van der Waals surface area contributed by atoms with E-state index in [1.54, 1.807) is 0 Å². The van der Waals surface area contributed by atoms with Crippen molar-refractivity contribution < 1.29 is 30.3 Å². The topological polar surface area (TPSA) is 118 Å². The first-order chi connectivity index (χ1) is 19.0. The van der Waals surface area contributed by atoms with E-state index in [0.29, 0.717) is 19.3 Å². The summed E-state index contributed by atoms with van der Waals surface area (Å²) in [6, 6.07) is 0. The predicted octanol–water partition coefficient (Wildman–Crippen LogP) is 4.79. The lowest BCUT2D eigenvalue weighted by atomic mass is 9.31. The molecule has 11 unspecified atom stereocenters. The molecular formula is C35H56O6. The summed E-state index contributed by atoms with van der Waals surface area (Å²) in [6.45, 7) is 12.9. The van der Waals surface area contributed by atoms with Crippen LogP contribution in [0.4, 0.5) is 0 Å². The Kier molecular flexibility index (Phi) is 6.73. The van der Waals surface area contributed by atoms with Crippen LogP contribution in [-0.4, -0.2) is 62.8 Å². The Balaban J connectivity index is 1.51. The Bertz CT molecular complexity index is 1120. The summed E-state index contributed by atoms with van der Waals surface area (Å²) in [5, 5.41) is 55.9. The van der Waals surface area contributed by atoms with Gasteiger partial charge in [-0.15, -0.1) is 0 Å². The average molecular weight is 573 g/mol. The van der Waals surface area contributed by atoms with Crippen LogP contribution >= 0.6 is 0 Å². The fourth-order valence-corrected chi connectivity index (χ4v) is 13.5. The van der Waals surface area contributed by atoms with Crippen molar-refractivity contribution >= 4 is 5.78 Å². The highest BCUT2D eigenvalue weighted by Gasteiger charge is 2.75. The highest BCUT2D eigenvalue weighted by molar-refractivity contribution is 5.95. The first kappa shape index (κ1) is 30.2. The van der Waals surface area contributed by atoms with E-state index in [0.717, 1.165) is 51.4 Å². The normalized spacial score (nSPS) is 52.6. The van der Waals surface area contributed by atoms with Crippen molar-refractivity contribution in [3.05, 3.63) is 11.6 Å². The highest BCUT2D eigenvalue weighted by atomic mass is 16.3. The zero-order valence-electron chi connectivity index (χ0n) is 26.4. The maximum absolute atomic E-state index is 14.7. The molecule has 6 rings (SSSR count). The first-order valence-electron chi connectivity index (χ1n) is 16.5. The number of ketones is 1. The third kappa shape index (κ3) is 3.46. The highest BCUT2D eigenvalue weighted by Crippen LogP contribution is 2.78. The number of rotatable bonds is 3. The molecule has 232 valence electrons. The van der Waals surface area contributed by atoms with E-state index in [4.69, 9.17) is 0 Å². The summed E-state index contributed by atoms with van der Waals surface area (Å²) in [4.78, 5) is 14.7. The summed E-state index contributed by atoms with van der Waals surface area (Å²) in [7, 11) is 0. The van der Waals surface area contributed by atoms with Gasteiger partial charge in [-0.2, -0.15) is 0 Å². The summed E-state index contributed by atoms with van der Waals surface area (Å²) in [5.74, 6) is -0.297. The molecule has 0 saturated heterocycles. The van der Waals surface area contributed by atoms with Gasteiger partial charge in [0.25, 0.3) is 0 Å². The minimum atomic E-state index is -1.05. The lowest BCUT2D eigenvalue weighted by Gasteiger charge is -2.73. The number of hydrogen-bond donors (Lipinski definition) is 5. The molecule has 6 nitrogen and oxygen atoms in total. The van der Waals surface area contributed by atoms with E-state index < -0.39 is 52.0 Å². The monoisotopic (exact) mass is 572 g/mol. The van der Waals surface area contributed by atoms with Gasteiger partial charge in [0.2, 0.25) is 0 Å². The molecule has 5 saturated carbocycles. The van der Waals surface area contributed by atoms with Crippen LogP contribution in [-0.2, 0) is 4.79 Å². The van der Waals surface area contributed by atoms with Crippen LogP contribution in [0.2, 0.25) is 0 Å². The number of aliphatic hydroxyl groups excluding tert-OH is 5. The Morgan fingerprint density at radius 1 is 0.902 bits per heavy atom. The van der Waals surface area contributed by atoms with Gasteiger partial charge in [-0.3, -0.25) is 4.79 Å². The number of carbonyl (C=O) groups excluding carboxylic acids is 1. The molecule has 11 atom stereocenters. The minimum Gasteiger partial charge on any atom is -0.396 e. The maximum Gasteiger partial charge on any atom is 0.159 e. The van der Waals surface area contributed by atoms with Crippen LogP contribution in [0.25, 0.3) is 0 Å². The molecule has 6 heteroatoms. The molecule has 0 bridgehead atoms.